The molecule has 0 aliphatic heterocycles. The highest BCUT2D eigenvalue weighted by Gasteiger charge is 2.06. The standard InChI is InChI=1S/C12H7BrClN3/c13-8-3-1-7(2-4-8)11-15-5-9-10(14)6-16-12(9)17-11/h1-6H,(H,15,16,17). The minimum atomic E-state index is 0.641. The zero-order valence-electron chi connectivity index (χ0n) is 8.61. The molecule has 3 rings (SSSR count). The van der Waals surface area contributed by atoms with Crippen LogP contribution in [0.2, 0.25) is 5.02 Å². The number of benzene rings is 1. The Kier molecular flexibility index (Phi) is 2.61. The van der Waals surface area contributed by atoms with Crippen LogP contribution in [-0.2, 0) is 0 Å². The molecule has 0 amide bonds. The predicted molar refractivity (Wildman–Crippen MR) is 72.0 cm³/mol. The first kappa shape index (κ1) is 10.7. The van der Waals surface area contributed by atoms with E-state index in [1.165, 1.54) is 0 Å². The van der Waals surface area contributed by atoms with Gasteiger partial charge in [0.2, 0.25) is 0 Å². The van der Waals surface area contributed by atoms with Crippen LogP contribution in [0.5, 0.6) is 0 Å². The fraction of sp³-hybridized carbons (Fsp3) is 0. The summed E-state index contributed by atoms with van der Waals surface area (Å²) in [6.45, 7) is 0. The highest BCUT2D eigenvalue weighted by atomic mass is 79.9. The van der Waals surface area contributed by atoms with Crippen LogP contribution in [0.25, 0.3) is 22.4 Å². The van der Waals surface area contributed by atoms with E-state index in [-0.39, 0.29) is 0 Å². The summed E-state index contributed by atoms with van der Waals surface area (Å²) in [6.07, 6.45) is 3.45. The maximum Gasteiger partial charge on any atom is 0.161 e. The summed E-state index contributed by atoms with van der Waals surface area (Å²) in [5.74, 6) is 0.684. The molecule has 0 atom stereocenters. The number of aromatic amines is 1. The Morgan fingerprint density at radius 3 is 2.71 bits per heavy atom. The molecule has 84 valence electrons. The van der Waals surface area contributed by atoms with Gasteiger partial charge in [-0.3, -0.25) is 0 Å². The lowest BCUT2D eigenvalue weighted by Crippen LogP contribution is -1.88. The first-order valence-corrected chi connectivity index (χ1v) is 6.17. The molecular weight excluding hydrogens is 302 g/mol. The van der Waals surface area contributed by atoms with Gasteiger partial charge in [-0.05, 0) is 12.1 Å². The zero-order valence-corrected chi connectivity index (χ0v) is 11.0. The quantitative estimate of drug-likeness (QED) is 0.737. The number of aromatic nitrogens is 3. The third kappa shape index (κ3) is 1.94. The van der Waals surface area contributed by atoms with Crippen molar-refractivity contribution in [2.24, 2.45) is 0 Å². The van der Waals surface area contributed by atoms with Crippen molar-refractivity contribution < 1.29 is 0 Å². The molecule has 0 unspecified atom stereocenters. The van der Waals surface area contributed by atoms with Gasteiger partial charge in [0.1, 0.15) is 5.65 Å². The molecule has 3 aromatic rings. The Hall–Kier alpha value is -1.39. The maximum atomic E-state index is 5.97. The van der Waals surface area contributed by atoms with Crippen molar-refractivity contribution in [2.45, 2.75) is 0 Å². The molecule has 2 aromatic heterocycles. The van der Waals surface area contributed by atoms with E-state index in [9.17, 15) is 0 Å². The molecular formula is C12H7BrClN3. The van der Waals surface area contributed by atoms with Gasteiger partial charge in [0.05, 0.1) is 10.4 Å². The summed E-state index contributed by atoms with van der Waals surface area (Å²) < 4.78 is 1.03. The van der Waals surface area contributed by atoms with E-state index in [1.54, 1.807) is 12.4 Å². The zero-order chi connectivity index (χ0) is 11.8. The van der Waals surface area contributed by atoms with E-state index in [2.05, 4.69) is 30.9 Å². The largest absolute Gasteiger partial charge is 0.344 e. The second kappa shape index (κ2) is 4.13. The number of nitrogens with one attached hydrogen (secondary N) is 1. The van der Waals surface area contributed by atoms with Crippen LogP contribution < -0.4 is 0 Å². The van der Waals surface area contributed by atoms with Gasteiger partial charge >= 0.3 is 0 Å². The molecule has 0 spiro atoms. The summed E-state index contributed by atoms with van der Waals surface area (Å²) in [7, 11) is 0. The predicted octanol–water partition coefficient (Wildman–Crippen LogP) is 4.04. The molecule has 0 saturated heterocycles. The van der Waals surface area contributed by atoms with Crippen LogP contribution in [0.1, 0.15) is 0 Å². The Labute approximate surface area is 111 Å². The highest BCUT2D eigenvalue weighted by molar-refractivity contribution is 9.10. The summed E-state index contributed by atoms with van der Waals surface area (Å²) in [5.41, 5.74) is 1.73. The van der Waals surface area contributed by atoms with E-state index in [0.29, 0.717) is 10.8 Å². The first-order valence-electron chi connectivity index (χ1n) is 4.99. The summed E-state index contributed by atoms with van der Waals surface area (Å²) in [4.78, 5) is 11.8. The monoisotopic (exact) mass is 307 g/mol. The molecule has 0 aliphatic carbocycles. The first-order chi connectivity index (χ1) is 8.24. The van der Waals surface area contributed by atoms with Gasteiger partial charge in [-0.1, -0.05) is 39.7 Å². The third-order valence-corrected chi connectivity index (χ3v) is 3.33. The van der Waals surface area contributed by atoms with E-state index in [4.69, 9.17) is 11.6 Å². The Balaban J connectivity index is 2.14. The molecule has 5 heteroatoms. The van der Waals surface area contributed by atoms with Crippen LogP contribution in [-0.4, -0.2) is 15.0 Å². The number of halogens is 2. The second-order valence-electron chi connectivity index (χ2n) is 3.60. The van der Waals surface area contributed by atoms with Gasteiger partial charge in [-0.2, -0.15) is 0 Å². The van der Waals surface area contributed by atoms with Crippen molar-refractivity contribution >= 4 is 38.6 Å². The van der Waals surface area contributed by atoms with Crippen LogP contribution in [0.4, 0.5) is 0 Å². The van der Waals surface area contributed by atoms with Gasteiger partial charge < -0.3 is 4.98 Å². The average Bonchev–Trinajstić information content (AvgIpc) is 2.72. The van der Waals surface area contributed by atoms with Crippen molar-refractivity contribution in [1.29, 1.82) is 0 Å². The SMILES string of the molecule is Clc1c[nH]c2nc(-c3ccc(Br)cc3)ncc12. The molecule has 2 heterocycles. The van der Waals surface area contributed by atoms with Crippen LogP contribution in [0.3, 0.4) is 0 Å². The summed E-state index contributed by atoms with van der Waals surface area (Å²) >= 11 is 9.37. The van der Waals surface area contributed by atoms with Gasteiger partial charge in [-0.25, -0.2) is 9.97 Å². The minimum Gasteiger partial charge on any atom is -0.344 e. The van der Waals surface area contributed by atoms with E-state index < -0.39 is 0 Å². The van der Waals surface area contributed by atoms with Crippen LogP contribution >= 0.6 is 27.5 Å². The molecule has 0 bridgehead atoms. The van der Waals surface area contributed by atoms with Crippen molar-refractivity contribution in [1.82, 2.24) is 15.0 Å². The Morgan fingerprint density at radius 2 is 1.94 bits per heavy atom. The van der Waals surface area contributed by atoms with Gasteiger partial charge in [0, 0.05) is 22.4 Å². The number of rotatable bonds is 1. The molecule has 0 radical (unpaired) electrons. The van der Waals surface area contributed by atoms with E-state index >= 15 is 0 Å². The molecule has 17 heavy (non-hydrogen) atoms. The summed E-state index contributed by atoms with van der Waals surface area (Å²) in [5, 5.41) is 1.48. The normalized spacial score (nSPS) is 10.9. The second-order valence-corrected chi connectivity index (χ2v) is 4.92. The molecule has 0 fully saturated rings. The van der Waals surface area contributed by atoms with Crippen molar-refractivity contribution in [3.63, 3.8) is 0 Å². The molecule has 1 N–H and O–H groups in total. The van der Waals surface area contributed by atoms with Gasteiger partial charge in [0.25, 0.3) is 0 Å². The topological polar surface area (TPSA) is 41.6 Å². The number of hydrogen-bond acceptors (Lipinski definition) is 2. The lowest BCUT2D eigenvalue weighted by atomic mass is 10.2. The molecule has 3 nitrogen and oxygen atoms in total. The van der Waals surface area contributed by atoms with Crippen LogP contribution in [0.15, 0.2) is 41.1 Å². The Bertz CT molecular complexity index is 676. The highest BCUT2D eigenvalue weighted by Crippen LogP contribution is 2.24. The number of fused-ring (bicyclic) bond motifs is 1. The molecule has 0 aliphatic rings. The van der Waals surface area contributed by atoms with Crippen molar-refractivity contribution in [3.05, 3.63) is 46.2 Å². The van der Waals surface area contributed by atoms with E-state index in [0.717, 1.165) is 21.1 Å². The summed E-state index contributed by atoms with van der Waals surface area (Å²) in [6, 6.07) is 7.86. The fourth-order valence-corrected chi connectivity index (χ4v) is 2.07. The molecule has 1 aromatic carbocycles. The molecule has 0 saturated carbocycles. The maximum absolute atomic E-state index is 5.97. The van der Waals surface area contributed by atoms with Crippen molar-refractivity contribution in [3.8, 4) is 11.4 Å². The van der Waals surface area contributed by atoms with E-state index in [1.807, 2.05) is 24.3 Å². The van der Waals surface area contributed by atoms with Crippen molar-refractivity contribution in [2.75, 3.05) is 0 Å². The minimum absolute atomic E-state index is 0.641. The fourth-order valence-electron chi connectivity index (χ4n) is 1.61. The van der Waals surface area contributed by atoms with Gasteiger partial charge in [0.15, 0.2) is 5.82 Å². The number of hydrogen-bond donors (Lipinski definition) is 1. The third-order valence-electron chi connectivity index (χ3n) is 2.48. The lowest BCUT2D eigenvalue weighted by Gasteiger charge is -2.00. The average molecular weight is 309 g/mol. The van der Waals surface area contributed by atoms with Gasteiger partial charge in [-0.15, -0.1) is 0 Å². The van der Waals surface area contributed by atoms with Crippen LogP contribution in [0, 0.1) is 0 Å². The Morgan fingerprint density at radius 1 is 1.18 bits per heavy atom. The number of nitrogens with zero attached hydrogens (tertiary/aromatic N) is 2. The number of H-pyrrole nitrogens is 1. The smallest absolute Gasteiger partial charge is 0.161 e. The lowest BCUT2D eigenvalue weighted by molar-refractivity contribution is 1.21.